The molecule has 2 N–H and O–H groups in total. The molecule has 3 fully saturated rings. The molecule has 11 atom stereocenters. The van der Waals surface area contributed by atoms with Crippen LogP contribution in [0.4, 0.5) is 0 Å². The average Bonchev–Trinajstić information content (AvgIpc) is 3.43. The van der Waals surface area contributed by atoms with Crippen molar-refractivity contribution in [2.45, 2.75) is 167 Å². The maximum Gasteiger partial charge on any atom is 0.329 e. The molecular formula is C44H69NO10. The smallest absolute Gasteiger partial charge is 0.329 e. The number of esters is 1. The standard InChI is InChI=1S/C44H69NO10/c1-9-16-33-22-27(2)21-28(3)23-37(52-7)40-38(53-8)25-30(5)44(51,55-40)41(48)42(49)45-20-15-14-19-34(45)43(50)54-39(31(6)35(46)26-36(33)47)29(4)24-32-17-12-10-11-13-18-32/h9,22,24,27-28,30-32,34-35,37-40,46,51H,1,10-21,23,25-26H2,2-8H3/b29-24?,33-22+. The predicted octanol–water partition coefficient (Wildman–Crippen LogP) is 6.43. The van der Waals surface area contributed by atoms with Crippen molar-refractivity contribution in [1.82, 2.24) is 4.90 Å². The van der Waals surface area contributed by atoms with Crippen molar-refractivity contribution in [2.24, 2.45) is 29.6 Å². The van der Waals surface area contributed by atoms with E-state index in [0.29, 0.717) is 43.6 Å². The number of fused-ring (bicyclic) bond motifs is 3. The molecule has 1 saturated carbocycles. The Morgan fingerprint density at radius 1 is 0.945 bits per heavy atom. The van der Waals surface area contributed by atoms with E-state index in [0.717, 1.165) is 31.3 Å². The minimum atomic E-state index is -2.48. The van der Waals surface area contributed by atoms with Crippen LogP contribution in [-0.2, 0) is 38.1 Å². The minimum Gasteiger partial charge on any atom is -0.456 e. The molecule has 11 nitrogen and oxygen atoms in total. The maximum atomic E-state index is 14.3. The van der Waals surface area contributed by atoms with E-state index in [4.69, 9.17) is 18.9 Å². The summed E-state index contributed by atoms with van der Waals surface area (Å²) in [6.45, 7) is 13.5. The van der Waals surface area contributed by atoms with Crippen LogP contribution in [-0.4, -0.2) is 102 Å². The molecular weight excluding hydrogens is 702 g/mol. The molecule has 55 heavy (non-hydrogen) atoms. The molecule has 4 aliphatic rings. The lowest BCUT2D eigenvalue weighted by Gasteiger charge is -2.47. The molecule has 0 spiro atoms. The number of cyclic esters (lactones) is 1. The second-order valence-electron chi connectivity index (χ2n) is 17.1. The molecule has 0 aromatic heterocycles. The Kier molecular flexibility index (Phi) is 16.9. The summed E-state index contributed by atoms with van der Waals surface area (Å²) in [6, 6.07) is -1.08. The summed E-state index contributed by atoms with van der Waals surface area (Å²) < 4.78 is 24.3. The third-order valence-corrected chi connectivity index (χ3v) is 12.6. The number of carbonyl (C=O) groups excluding carboxylic acids is 4. The maximum absolute atomic E-state index is 14.3. The van der Waals surface area contributed by atoms with Crippen LogP contribution in [0.5, 0.6) is 0 Å². The van der Waals surface area contributed by atoms with Gasteiger partial charge in [0.25, 0.3) is 11.7 Å². The van der Waals surface area contributed by atoms with Gasteiger partial charge in [0, 0.05) is 39.0 Å². The topological polar surface area (TPSA) is 149 Å². The lowest BCUT2D eigenvalue weighted by atomic mass is 9.81. The number of piperidine rings is 1. The summed E-state index contributed by atoms with van der Waals surface area (Å²) in [6.07, 6.45) is 11.5. The summed E-state index contributed by atoms with van der Waals surface area (Å²) in [5, 5.41) is 23.7. The first-order chi connectivity index (χ1) is 26.1. The summed E-state index contributed by atoms with van der Waals surface area (Å²) >= 11 is 0. The number of Topliss-reactive ketones (excluding diaryl/α,β-unsaturated/α-hetero) is 2. The number of carbonyl (C=O) groups is 4. The van der Waals surface area contributed by atoms with Gasteiger partial charge in [0.15, 0.2) is 5.78 Å². The Labute approximate surface area is 329 Å². The van der Waals surface area contributed by atoms with Crippen LogP contribution >= 0.6 is 0 Å². The van der Waals surface area contributed by atoms with Gasteiger partial charge in [-0.25, -0.2) is 4.79 Å². The third kappa shape index (κ3) is 11.2. The zero-order valence-electron chi connectivity index (χ0n) is 34.5. The summed E-state index contributed by atoms with van der Waals surface area (Å²) in [4.78, 5) is 57.7. The Hall–Kier alpha value is -2.70. The number of ether oxygens (including phenoxy) is 4. The van der Waals surface area contributed by atoms with Crippen LogP contribution in [0.2, 0.25) is 0 Å². The molecule has 0 aromatic rings. The summed E-state index contributed by atoms with van der Waals surface area (Å²) in [7, 11) is 3.08. The number of ketones is 2. The van der Waals surface area contributed by atoms with Crippen molar-refractivity contribution in [1.29, 1.82) is 0 Å². The fourth-order valence-electron chi connectivity index (χ4n) is 9.37. The SMILES string of the molecule is C=CC/C1=C\C(C)CC(C)CC(OC)C2OC(O)(C(=O)C(=O)N3CCCCC3C(=O)OC(C(C)=CC3CCCCCC3)C(C)C(O)CC1=O)C(C)CC2OC. The highest BCUT2D eigenvalue weighted by molar-refractivity contribution is 6.39. The van der Waals surface area contributed by atoms with Crippen molar-refractivity contribution in [3.05, 3.63) is 36.0 Å². The quantitative estimate of drug-likeness (QED) is 0.134. The minimum absolute atomic E-state index is 0.0208. The molecule has 4 rings (SSSR count). The number of nitrogens with zero attached hydrogens (tertiary/aromatic N) is 1. The lowest BCUT2D eigenvalue weighted by Crippen LogP contribution is -2.64. The highest BCUT2D eigenvalue weighted by Crippen LogP contribution is 2.39. The van der Waals surface area contributed by atoms with Crippen molar-refractivity contribution >= 4 is 23.4 Å². The number of hydrogen-bond donors (Lipinski definition) is 2. The Morgan fingerprint density at radius 2 is 1.58 bits per heavy atom. The summed E-state index contributed by atoms with van der Waals surface area (Å²) in [5.41, 5.74) is 1.36. The largest absolute Gasteiger partial charge is 0.456 e. The van der Waals surface area contributed by atoms with Crippen LogP contribution in [0.1, 0.15) is 125 Å². The van der Waals surface area contributed by atoms with Crippen LogP contribution < -0.4 is 0 Å². The molecule has 2 bridgehead atoms. The van der Waals surface area contributed by atoms with E-state index < -0.39 is 71.8 Å². The van der Waals surface area contributed by atoms with E-state index in [1.165, 1.54) is 17.7 Å². The van der Waals surface area contributed by atoms with E-state index in [1.54, 1.807) is 34.1 Å². The van der Waals surface area contributed by atoms with Gasteiger partial charge in [0.2, 0.25) is 5.79 Å². The first-order valence-electron chi connectivity index (χ1n) is 20.9. The van der Waals surface area contributed by atoms with Crippen molar-refractivity contribution in [3.8, 4) is 0 Å². The van der Waals surface area contributed by atoms with Gasteiger partial charge in [-0.1, -0.05) is 71.6 Å². The zero-order valence-corrected chi connectivity index (χ0v) is 34.5. The molecule has 3 heterocycles. The number of aliphatic hydroxyl groups excluding tert-OH is 1. The van der Waals surface area contributed by atoms with Crippen LogP contribution in [0.15, 0.2) is 36.0 Å². The van der Waals surface area contributed by atoms with E-state index in [1.807, 2.05) is 19.9 Å². The van der Waals surface area contributed by atoms with Crippen molar-refractivity contribution < 1.29 is 48.3 Å². The first-order valence-corrected chi connectivity index (χ1v) is 20.9. The second kappa shape index (κ2) is 20.6. The molecule has 11 heteroatoms. The van der Waals surface area contributed by atoms with Gasteiger partial charge in [-0.3, -0.25) is 14.4 Å². The van der Waals surface area contributed by atoms with E-state index >= 15 is 0 Å². The predicted molar refractivity (Wildman–Crippen MR) is 210 cm³/mol. The van der Waals surface area contributed by atoms with Gasteiger partial charge in [0.05, 0.1) is 18.3 Å². The molecule has 1 amide bonds. The lowest BCUT2D eigenvalue weighted by molar-refractivity contribution is -0.302. The highest BCUT2D eigenvalue weighted by Gasteiger charge is 2.56. The van der Waals surface area contributed by atoms with Gasteiger partial charge in [0.1, 0.15) is 18.2 Å². The van der Waals surface area contributed by atoms with Crippen LogP contribution in [0.25, 0.3) is 0 Å². The molecule has 1 aliphatic carbocycles. The molecule has 3 aliphatic heterocycles. The molecule has 0 radical (unpaired) electrons. The first kappa shape index (κ1) is 45.0. The van der Waals surface area contributed by atoms with Gasteiger partial charge in [-0.05, 0) is 93.6 Å². The number of methoxy groups -OCH3 is 2. The van der Waals surface area contributed by atoms with E-state index in [9.17, 15) is 29.4 Å². The van der Waals surface area contributed by atoms with Gasteiger partial charge >= 0.3 is 5.97 Å². The third-order valence-electron chi connectivity index (χ3n) is 12.6. The Bertz CT molecular complexity index is 1400. The second-order valence-corrected chi connectivity index (χ2v) is 17.1. The van der Waals surface area contributed by atoms with Crippen molar-refractivity contribution in [2.75, 3.05) is 20.8 Å². The molecule has 2 saturated heterocycles. The number of amides is 1. The fraction of sp³-hybridized carbons (Fsp3) is 0.773. The highest BCUT2D eigenvalue weighted by atomic mass is 16.7. The van der Waals surface area contributed by atoms with Gasteiger partial charge < -0.3 is 34.1 Å². The fourth-order valence-corrected chi connectivity index (χ4v) is 9.37. The van der Waals surface area contributed by atoms with E-state index in [2.05, 4.69) is 19.6 Å². The number of rotatable bonds is 6. The molecule has 310 valence electrons. The zero-order chi connectivity index (χ0) is 40.4. The number of allylic oxidation sites excluding steroid dienone is 4. The normalized spacial score (nSPS) is 38.5. The van der Waals surface area contributed by atoms with Crippen molar-refractivity contribution in [3.63, 3.8) is 0 Å². The Morgan fingerprint density at radius 3 is 2.22 bits per heavy atom. The number of aliphatic hydroxyl groups is 2. The van der Waals surface area contributed by atoms with Gasteiger partial charge in [-0.2, -0.15) is 0 Å². The molecule has 0 aromatic carbocycles. The summed E-state index contributed by atoms with van der Waals surface area (Å²) in [5.74, 6) is -6.62. The molecule has 11 unspecified atom stereocenters. The van der Waals surface area contributed by atoms with E-state index in [-0.39, 0.29) is 43.4 Å². The van der Waals surface area contributed by atoms with Gasteiger partial charge in [-0.15, -0.1) is 6.58 Å². The Balaban J connectivity index is 1.78. The monoisotopic (exact) mass is 771 g/mol. The van der Waals surface area contributed by atoms with Crippen LogP contribution in [0.3, 0.4) is 0 Å². The number of hydrogen-bond acceptors (Lipinski definition) is 10. The van der Waals surface area contributed by atoms with Crippen LogP contribution in [0, 0.1) is 29.6 Å². The average molecular weight is 772 g/mol.